The number of fused-ring (bicyclic) bond motifs is 7. The quantitative estimate of drug-likeness (QED) is 0.426. The first-order chi connectivity index (χ1) is 17.0. The highest BCUT2D eigenvalue weighted by molar-refractivity contribution is 6.03. The van der Waals surface area contributed by atoms with Gasteiger partial charge >= 0.3 is 0 Å². The number of allylic oxidation sites excluding steroid dienone is 4. The van der Waals surface area contributed by atoms with Crippen LogP contribution in [0.4, 0.5) is 0 Å². The SMILES string of the molecule is [C-]#[N+]C1=C[C@]2(C)C3=CC(=O)C4C5CC(C)(C)CC[C@]5(C(=O)NC)CC[C@@]4(C)[C@]3(C)CC[C@H]2C(C)(C)C1=O. The maximum absolute atomic E-state index is 14.4. The van der Waals surface area contributed by atoms with Gasteiger partial charge < -0.3 is 10.1 Å². The van der Waals surface area contributed by atoms with Crippen LogP contribution in [0.3, 0.4) is 0 Å². The number of rotatable bonds is 1. The van der Waals surface area contributed by atoms with Crippen LogP contribution in [0.25, 0.3) is 4.85 Å². The van der Waals surface area contributed by atoms with Gasteiger partial charge in [0.15, 0.2) is 11.6 Å². The third-order valence-corrected chi connectivity index (χ3v) is 12.5. The van der Waals surface area contributed by atoms with Crippen molar-refractivity contribution in [1.29, 1.82) is 0 Å². The highest BCUT2D eigenvalue weighted by Gasteiger charge is 2.70. The molecule has 37 heavy (non-hydrogen) atoms. The molecule has 3 fully saturated rings. The average Bonchev–Trinajstić information content (AvgIpc) is 2.82. The Morgan fingerprint density at radius 1 is 1.00 bits per heavy atom. The number of carbonyl (C=O) groups excluding carboxylic acids is 3. The Morgan fingerprint density at radius 2 is 1.65 bits per heavy atom. The summed E-state index contributed by atoms with van der Waals surface area (Å²) in [7, 11) is 1.74. The minimum atomic E-state index is -0.652. The predicted octanol–water partition coefficient (Wildman–Crippen LogP) is 6.31. The van der Waals surface area contributed by atoms with E-state index in [-0.39, 0.29) is 57.2 Å². The van der Waals surface area contributed by atoms with Gasteiger partial charge in [0.05, 0.1) is 12.0 Å². The van der Waals surface area contributed by atoms with Crippen molar-refractivity contribution in [2.24, 2.45) is 50.2 Å². The van der Waals surface area contributed by atoms with Gasteiger partial charge in [-0.15, -0.1) is 0 Å². The summed E-state index contributed by atoms with van der Waals surface area (Å²) in [4.78, 5) is 44.7. The fourth-order valence-electron chi connectivity index (χ4n) is 10.2. The maximum Gasteiger partial charge on any atom is 0.226 e. The number of ketones is 2. The number of amides is 1. The molecular formula is C32H44N2O3. The summed E-state index contributed by atoms with van der Waals surface area (Å²) in [6.45, 7) is 23.1. The van der Waals surface area contributed by atoms with E-state index in [1.807, 2.05) is 26.0 Å². The molecule has 0 saturated heterocycles. The van der Waals surface area contributed by atoms with Crippen LogP contribution in [0.5, 0.6) is 0 Å². The predicted molar refractivity (Wildman–Crippen MR) is 144 cm³/mol. The van der Waals surface area contributed by atoms with E-state index in [0.29, 0.717) is 0 Å². The minimum absolute atomic E-state index is 0.0151. The largest absolute Gasteiger partial charge is 0.359 e. The van der Waals surface area contributed by atoms with Crippen molar-refractivity contribution in [3.8, 4) is 0 Å². The van der Waals surface area contributed by atoms with Gasteiger partial charge in [0.25, 0.3) is 0 Å². The molecule has 0 radical (unpaired) electrons. The summed E-state index contributed by atoms with van der Waals surface area (Å²) < 4.78 is 0. The molecule has 3 saturated carbocycles. The van der Waals surface area contributed by atoms with E-state index >= 15 is 0 Å². The molecule has 5 rings (SSSR count). The Labute approximate surface area is 222 Å². The van der Waals surface area contributed by atoms with Gasteiger partial charge in [0.1, 0.15) is 0 Å². The Balaban J connectivity index is 1.71. The maximum atomic E-state index is 14.4. The van der Waals surface area contributed by atoms with E-state index in [2.05, 4.69) is 44.8 Å². The smallest absolute Gasteiger partial charge is 0.226 e. The normalized spacial score (nSPS) is 45.6. The first-order valence-corrected chi connectivity index (χ1v) is 14.2. The molecule has 0 aromatic rings. The molecule has 1 amide bonds. The molecular weight excluding hydrogens is 460 g/mol. The molecule has 5 heteroatoms. The summed E-state index contributed by atoms with van der Waals surface area (Å²) >= 11 is 0. The topological polar surface area (TPSA) is 67.6 Å². The summed E-state index contributed by atoms with van der Waals surface area (Å²) in [5.74, 6) is 0.0526. The van der Waals surface area contributed by atoms with Gasteiger partial charge in [-0.1, -0.05) is 60.1 Å². The Hall–Kier alpha value is -2.22. The summed E-state index contributed by atoms with van der Waals surface area (Å²) in [6, 6.07) is 0. The van der Waals surface area contributed by atoms with E-state index in [1.54, 1.807) is 7.05 Å². The van der Waals surface area contributed by atoms with Gasteiger partial charge in [-0.3, -0.25) is 9.59 Å². The van der Waals surface area contributed by atoms with Crippen molar-refractivity contribution in [2.75, 3.05) is 7.05 Å². The van der Waals surface area contributed by atoms with Crippen LogP contribution in [0, 0.1) is 56.8 Å². The molecule has 0 heterocycles. The first-order valence-electron chi connectivity index (χ1n) is 14.2. The van der Waals surface area contributed by atoms with Crippen LogP contribution in [0.2, 0.25) is 0 Å². The summed E-state index contributed by atoms with van der Waals surface area (Å²) in [6.07, 6.45) is 10.00. The summed E-state index contributed by atoms with van der Waals surface area (Å²) in [5, 5.41) is 2.97. The fourth-order valence-corrected chi connectivity index (χ4v) is 10.2. The van der Waals surface area contributed by atoms with Crippen molar-refractivity contribution in [2.45, 2.75) is 93.4 Å². The Kier molecular flexibility index (Phi) is 5.47. The second-order valence-electron chi connectivity index (χ2n) is 15.0. The van der Waals surface area contributed by atoms with Gasteiger partial charge in [-0.2, -0.15) is 0 Å². The lowest BCUT2D eigenvalue weighted by molar-refractivity contribution is -0.178. The molecule has 0 aromatic heterocycles. The molecule has 0 aliphatic heterocycles. The van der Waals surface area contributed by atoms with E-state index in [9.17, 15) is 14.4 Å². The molecule has 5 aliphatic rings. The zero-order chi connectivity index (χ0) is 27.4. The van der Waals surface area contributed by atoms with Crippen LogP contribution in [-0.4, -0.2) is 24.5 Å². The van der Waals surface area contributed by atoms with Crippen molar-refractivity contribution in [1.82, 2.24) is 5.32 Å². The van der Waals surface area contributed by atoms with Crippen LogP contribution in [-0.2, 0) is 14.4 Å². The minimum Gasteiger partial charge on any atom is -0.359 e. The standard InChI is InChI=1S/C32H44N2O3/c1-27(2)12-14-32(26(37)34-9)15-13-31(7)24(19(32)17-27)21(35)16-23-29(5)18-20(33-8)25(36)28(3,4)22(29)10-11-30(23,31)6/h16,18-19,22,24H,10-15,17H2,1-7,9H3,(H,34,37)/t19?,22-,24?,29-,30+,31+,32-/m0/s1. The van der Waals surface area contributed by atoms with E-state index < -0.39 is 16.2 Å². The number of Topliss-reactive ketones (excluding diaryl/α,β-unsaturated/α-hetero) is 1. The van der Waals surface area contributed by atoms with Crippen LogP contribution in [0.1, 0.15) is 93.4 Å². The van der Waals surface area contributed by atoms with Gasteiger partial charge in [0, 0.05) is 23.8 Å². The van der Waals surface area contributed by atoms with E-state index in [0.717, 1.165) is 50.5 Å². The second-order valence-corrected chi connectivity index (χ2v) is 15.0. The molecule has 200 valence electrons. The van der Waals surface area contributed by atoms with Gasteiger partial charge in [-0.25, -0.2) is 4.85 Å². The second kappa shape index (κ2) is 7.67. The van der Waals surface area contributed by atoms with Crippen LogP contribution >= 0.6 is 0 Å². The van der Waals surface area contributed by atoms with Crippen LogP contribution in [0.15, 0.2) is 23.4 Å². The Morgan fingerprint density at radius 3 is 2.27 bits per heavy atom. The highest BCUT2D eigenvalue weighted by atomic mass is 16.2. The van der Waals surface area contributed by atoms with Crippen molar-refractivity contribution in [3.05, 3.63) is 34.8 Å². The van der Waals surface area contributed by atoms with E-state index in [4.69, 9.17) is 6.57 Å². The lowest BCUT2D eigenvalue weighted by atomic mass is 9.34. The highest BCUT2D eigenvalue weighted by Crippen LogP contribution is 2.74. The summed E-state index contributed by atoms with van der Waals surface area (Å²) in [5.41, 5.74) is -0.757. The number of hydrogen-bond acceptors (Lipinski definition) is 3. The molecule has 7 atom stereocenters. The average molecular weight is 505 g/mol. The third-order valence-electron chi connectivity index (χ3n) is 12.5. The van der Waals surface area contributed by atoms with Crippen molar-refractivity contribution in [3.63, 3.8) is 0 Å². The van der Waals surface area contributed by atoms with Gasteiger partial charge in [-0.05, 0) is 79.1 Å². The number of carbonyl (C=O) groups is 3. The molecule has 1 N–H and O–H groups in total. The van der Waals surface area contributed by atoms with Crippen molar-refractivity contribution < 1.29 is 14.4 Å². The number of nitrogens with one attached hydrogen (secondary N) is 1. The van der Waals surface area contributed by atoms with Gasteiger partial charge in [0.2, 0.25) is 11.6 Å². The lowest BCUT2D eigenvalue weighted by Gasteiger charge is -2.69. The zero-order valence-electron chi connectivity index (χ0n) is 24.0. The van der Waals surface area contributed by atoms with Crippen molar-refractivity contribution >= 4 is 17.5 Å². The zero-order valence-corrected chi connectivity index (χ0v) is 24.0. The molecule has 0 aromatic carbocycles. The third kappa shape index (κ3) is 3.11. The number of nitrogens with zero attached hydrogens (tertiary/aromatic N) is 1. The number of hydrogen-bond donors (Lipinski definition) is 1. The first kappa shape index (κ1) is 26.4. The molecule has 0 spiro atoms. The lowest BCUT2D eigenvalue weighted by Crippen LogP contribution is -2.66. The monoisotopic (exact) mass is 504 g/mol. The molecule has 0 bridgehead atoms. The fraction of sp³-hybridized carbons (Fsp3) is 0.750. The van der Waals surface area contributed by atoms with E-state index in [1.165, 1.54) is 0 Å². The van der Waals surface area contributed by atoms with Crippen LogP contribution < -0.4 is 5.32 Å². The Bertz CT molecular complexity index is 1200. The molecule has 5 aliphatic carbocycles. The molecule has 5 nitrogen and oxygen atoms in total. The molecule has 2 unspecified atom stereocenters.